The van der Waals surface area contributed by atoms with E-state index in [-0.39, 0.29) is 0 Å². The minimum atomic E-state index is -4.34. The number of alkyl halides is 3. The molecule has 0 aliphatic heterocycles. The van der Waals surface area contributed by atoms with Crippen molar-refractivity contribution in [3.8, 4) is 0 Å². The Balaban J connectivity index is 2.07. The highest BCUT2D eigenvalue weighted by atomic mass is 19.4. The van der Waals surface area contributed by atoms with Gasteiger partial charge >= 0.3 is 6.18 Å². The zero-order valence-electron chi connectivity index (χ0n) is 10.7. The molecule has 1 fully saturated rings. The molecule has 0 unspecified atom stereocenters. The zero-order valence-corrected chi connectivity index (χ0v) is 10.7. The molecule has 0 aromatic carbocycles. The molecule has 2 nitrogen and oxygen atoms in total. The van der Waals surface area contributed by atoms with Crippen molar-refractivity contribution in [1.29, 1.82) is 0 Å². The van der Waals surface area contributed by atoms with Crippen LogP contribution in [0.15, 0.2) is 42.7 Å². The smallest absolute Gasteiger partial charge is 0.260 e. The van der Waals surface area contributed by atoms with Gasteiger partial charge in [-0.05, 0) is 37.1 Å². The van der Waals surface area contributed by atoms with Crippen LogP contribution in [0.1, 0.15) is 36.2 Å². The predicted molar refractivity (Wildman–Crippen MR) is 68.1 cm³/mol. The Morgan fingerprint density at radius 3 is 2.25 bits per heavy atom. The van der Waals surface area contributed by atoms with Crippen LogP contribution < -0.4 is 0 Å². The van der Waals surface area contributed by atoms with Crippen molar-refractivity contribution in [2.75, 3.05) is 0 Å². The van der Waals surface area contributed by atoms with E-state index in [0.717, 1.165) is 37.1 Å². The van der Waals surface area contributed by atoms with E-state index in [1.54, 1.807) is 12.3 Å². The lowest BCUT2D eigenvalue weighted by atomic mass is 9.64. The van der Waals surface area contributed by atoms with Crippen LogP contribution in [0, 0.1) is 0 Å². The Bertz CT molecular complexity index is 604. The Labute approximate surface area is 114 Å². The van der Waals surface area contributed by atoms with E-state index < -0.39 is 17.2 Å². The molecule has 0 amide bonds. The van der Waals surface area contributed by atoms with Crippen LogP contribution in [-0.2, 0) is 11.6 Å². The molecule has 0 bridgehead atoms. The van der Waals surface area contributed by atoms with Crippen LogP contribution >= 0.6 is 0 Å². The molecule has 1 aliphatic rings. The molecule has 20 heavy (non-hydrogen) atoms. The van der Waals surface area contributed by atoms with E-state index in [1.807, 2.05) is 12.1 Å². The van der Waals surface area contributed by atoms with Gasteiger partial charge in [-0.2, -0.15) is 13.2 Å². The van der Waals surface area contributed by atoms with E-state index in [0.29, 0.717) is 5.69 Å². The second-order valence-corrected chi connectivity index (χ2v) is 5.08. The minimum Gasteiger partial charge on any atom is -0.260 e. The van der Waals surface area contributed by atoms with Crippen LogP contribution in [-0.4, -0.2) is 9.97 Å². The molecule has 3 rings (SSSR count). The fourth-order valence-corrected chi connectivity index (χ4v) is 2.69. The largest absolute Gasteiger partial charge is 0.416 e. The summed E-state index contributed by atoms with van der Waals surface area (Å²) in [6, 6.07) is 7.69. The molecule has 2 heterocycles. The lowest BCUT2D eigenvalue weighted by Crippen LogP contribution is -2.37. The van der Waals surface area contributed by atoms with Gasteiger partial charge in [0.05, 0.1) is 22.4 Å². The number of pyridine rings is 2. The van der Waals surface area contributed by atoms with E-state index in [4.69, 9.17) is 0 Å². The molecule has 1 saturated carbocycles. The number of rotatable bonds is 2. The summed E-state index contributed by atoms with van der Waals surface area (Å²) in [7, 11) is 0. The van der Waals surface area contributed by atoms with Gasteiger partial charge in [-0.3, -0.25) is 9.97 Å². The van der Waals surface area contributed by atoms with E-state index >= 15 is 0 Å². The van der Waals surface area contributed by atoms with Crippen molar-refractivity contribution in [1.82, 2.24) is 9.97 Å². The van der Waals surface area contributed by atoms with Crippen molar-refractivity contribution in [2.45, 2.75) is 30.9 Å². The summed E-state index contributed by atoms with van der Waals surface area (Å²) in [6.45, 7) is 0. The first-order valence-electron chi connectivity index (χ1n) is 6.48. The van der Waals surface area contributed by atoms with Gasteiger partial charge in [-0.15, -0.1) is 0 Å². The second kappa shape index (κ2) is 4.58. The van der Waals surface area contributed by atoms with E-state index in [2.05, 4.69) is 9.97 Å². The lowest BCUT2D eigenvalue weighted by Gasteiger charge is -2.41. The summed E-state index contributed by atoms with van der Waals surface area (Å²) in [4.78, 5) is 8.50. The summed E-state index contributed by atoms with van der Waals surface area (Å²) in [5.74, 6) is 0. The maximum absolute atomic E-state index is 12.8. The number of hydrogen-bond donors (Lipinski definition) is 0. The number of hydrogen-bond acceptors (Lipinski definition) is 2. The molecule has 2 aromatic rings. The van der Waals surface area contributed by atoms with Gasteiger partial charge in [0.2, 0.25) is 0 Å². The first-order chi connectivity index (χ1) is 9.52. The van der Waals surface area contributed by atoms with Crippen LogP contribution in [0.3, 0.4) is 0 Å². The predicted octanol–water partition coefficient (Wildman–Crippen LogP) is 3.97. The average Bonchev–Trinajstić information content (AvgIpc) is 2.38. The summed E-state index contributed by atoms with van der Waals surface area (Å²) >= 11 is 0. The number of halogens is 3. The SMILES string of the molecule is FC(F)(F)c1ccnc(C2(c3ccccn3)CCC2)c1. The van der Waals surface area contributed by atoms with E-state index in [1.165, 1.54) is 6.20 Å². The maximum Gasteiger partial charge on any atom is 0.416 e. The third kappa shape index (κ3) is 2.07. The minimum absolute atomic E-state index is 0.456. The van der Waals surface area contributed by atoms with Gasteiger partial charge < -0.3 is 0 Å². The molecule has 104 valence electrons. The lowest BCUT2D eigenvalue weighted by molar-refractivity contribution is -0.137. The molecule has 1 aliphatic carbocycles. The summed E-state index contributed by atoms with van der Waals surface area (Å²) in [5, 5.41) is 0. The van der Waals surface area contributed by atoms with Gasteiger partial charge in [-0.25, -0.2) is 0 Å². The fourth-order valence-electron chi connectivity index (χ4n) is 2.69. The van der Waals surface area contributed by atoms with Gasteiger partial charge in [-0.1, -0.05) is 12.5 Å². The molecule has 2 aromatic heterocycles. The quantitative estimate of drug-likeness (QED) is 0.830. The third-order valence-corrected chi connectivity index (χ3v) is 3.94. The number of nitrogens with zero attached hydrogens (tertiary/aromatic N) is 2. The Morgan fingerprint density at radius 2 is 1.70 bits per heavy atom. The third-order valence-electron chi connectivity index (χ3n) is 3.94. The second-order valence-electron chi connectivity index (χ2n) is 5.08. The number of aromatic nitrogens is 2. The van der Waals surface area contributed by atoms with Crippen LogP contribution in [0.4, 0.5) is 13.2 Å². The van der Waals surface area contributed by atoms with Crippen molar-refractivity contribution >= 4 is 0 Å². The molecule has 0 saturated heterocycles. The molecule has 0 radical (unpaired) electrons. The molecule has 0 spiro atoms. The summed E-state index contributed by atoms with van der Waals surface area (Å²) < 4.78 is 38.5. The molecular formula is C15H13F3N2. The first kappa shape index (κ1) is 13.1. The van der Waals surface area contributed by atoms with Crippen LogP contribution in [0.2, 0.25) is 0 Å². The highest BCUT2D eigenvalue weighted by molar-refractivity contribution is 5.36. The molecule has 0 N–H and O–H groups in total. The topological polar surface area (TPSA) is 25.8 Å². The highest BCUT2D eigenvalue weighted by Crippen LogP contribution is 2.48. The van der Waals surface area contributed by atoms with Crippen LogP contribution in [0.25, 0.3) is 0 Å². The van der Waals surface area contributed by atoms with E-state index in [9.17, 15) is 13.2 Å². The van der Waals surface area contributed by atoms with Gasteiger partial charge in [0.25, 0.3) is 0 Å². The average molecular weight is 278 g/mol. The first-order valence-corrected chi connectivity index (χ1v) is 6.48. The van der Waals surface area contributed by atoms with Gasteiger partial charge in [0, 0.05) is 12.4 Å². The Kier molecular flexibility index (Phi) is 3.00. The summed E-state index contributed by atoms with van der Waals surface area (Å²) in [5.41, 5.74) is 0.169. The highest BCUT2D eigenvalue weighted by Gasteiger charge is 2.44. The maximum atomic E-state index is 12.8. The fraction of sp³-hybridized carbons (Fsp3) is 0.333. The van der Waals surface area contributed by atoms with Gasteiger partial charge in [0.1, 0.15) is 0 Å². The molecular weight excluding hydrogens is 265 g/mol. The standard InChI is InChI=1S/C15H13F3N2/c16-15(17,18)11-5-9-20-13(10-11)14(6-3-7-14)12-4-1-2-8-19-12/h1-2,4-5,8-10H,3,6-7H2. The van der Waals surface area contributed by atoms with Crippen molar-refractivity contribution in [3.05, 3.63) is 59.7 Å². The molecule has 5 heteroatoms. The normalized spacial score (nSPS) is 17.6. The van der Waals surface area contributed by atoms with Crippen molar-refractivity contribution < 1.29 is 13.2 Å². The van der Waals surface area contributed by atoms with Crippen molar-refractivity contribution in [3.63, 3.8) is 0 Å². The van der Waals surface area contributed by atoms with Crippen LogP contribution in [0.5, 0.6) is 0 Å². The monoisotopic (exact) mass is 278 g/mol. The Hall–Kier alpha value is -1.91. The summed E-state index contributed by atoms with van der Waals surface area (Å²) in [6.07, 6.45) is 1.13. The van der Waals surface area contributed by atoms with Crippen molar-refractivity contribution in [2.24, 2.45) is 0 Å². The molecule has 0 atom stereocenters. The van der Waals surface area contributed by atoms with Gasteiger partial charge in [0.15, 0.2) is 0 Å². The Morgan fingerprint density at radius 1 is 0.950 bits per heavy atom. The zero-order chi connectivity index (χ0) is 14.2.